The molecule has 7 nitrogen and oxygen atoms in total. The monoisotopic (exact) mass is 389 g/mol. The first-order valence-electron chi connectivity index (χ1n) is 9.27. The van der Waals surface area contributed by atoms with E-state index in [-0.39, 0.29) is 11.7 Å². The Kier molecular flexibility index (Phi) is 6.60. The van der Waals surface area contributed by atoms with E-state index in [4.69, 9.17) is 4.42 Å². The molecule has 0 bridgehead atoms. The van der Waals surface area contributed by atoms with Crippen molar-refractivity contribution in [1.29, 1.82) is 0 Å². The van der Waals surface area contributed by atoms with E-state index in [1.54, 1.807) is 12.3 Å². The van der Waals surface area contributed by atoms with Crippen LogP contribution in [0, 0.1) is 11.8 Å². The van der Waals surface area contributed by atoms with Crippen molar-refractivity contribution in [3.8, 4) is 0 Å². The van der Waals surface area contributed by atoms with Gasteiger partial charge in [-0.1, -0.05) is 31.7 Å². The molecule has 8 heteroatoms. The highest BCUT2D eigenvalue weighted by molar-refractivity contribution is 7.99. The quantitative estimate of drug-likeness (QED) is 0.553. The normalized spacial score (nSPS) is 19.9. The number of amides is 1. The van der Waals surface area contributed by atoms with Crippen LogP contribution >= 0.6 is 11.8 Å². The van der Waals surface area contributed by atoms with Crippen molar-refractivity contribution in [3.05, 3.63) is 36.8 Å². The van der Waals surface area contributed by atoms with Gasteiger partial charge in [0.15, 0.2) is 5.16 Å². The molecule has 1 aliphatic rings. The number of nitrogens with one attached hydrogen (secondary N) is 1. The van der Waals surface area contributed by atoms with Crippen LogP contribution in [0.15, 0.2) is 40.6 Å². The van der Waals surface area contributed by atoms with Crippen molar-refractivity contribution < 1.29 is 9.21 Å². The lowest BCUT2D eigenvalue weighted by atomic mass is 9.92. The minimum absolute atomic E-state index is 0.0470. The summed E-state index contributed by atoms with van der Waals surface area (Å²) in [5.74, 6) is 3.16. The second kappa shape index (κ2) is 9.12. The molecule has 3 rings (SSSR count). The zero-order chi connectivity index (χ0) is 19.2. The molecule has 0 unspecified atom stereocenters. The standard InChI is InChI=1S/C19H27N5O2S/c1-4-7-20-17(25)13-27-19-22-21-18(23-10-14(2)9-15(3)11-23)24(19)12-16-6-5-8-26-16/h4-6,8,14-15H,1,7,9-13H2,2-3H3,(H,20,25)/t14-,15+. The molecule has 2 aromatic heterocycles. The fraction of sp³-hybridized carbons (Fsp3) is 0.526. The number of furan rings is 1. The summed E-state index contributed by atoms with van der Waals surface area (Å²) >= 11 is 1.39. The summed E-state index contributed by atoms with van der Waals surface area (Å²) in [5, 5.41) is 12.3. The zero-order valence-electron chi connectivity index (χ0n) is 15.9. The number of hydrogen-bond acceptors (Lipinski definition) is 6. The molecule has 0 radical (unpaired) electrons. The number of piperidine rings is 1. The summed E-state index contributed by atoms with van der Waals surface area (Å²) in [6.07, 6.45) is 4.56. The van der Waals surface area contributed by atoms with Crippen LogP contribution in [0.5, 0.6) is 0 Å². The Morgan fingerprint density at radius 1 is 1.41 bits per heavy atom. The van der Waals surface area contributed by atoms with Gasteiger partial charge in [0, 0.05) is 19.6 Å². The Hall–Kier alpha value is -2.22. The number of thioether (sulfide) groups is 1. The van der Waals surface area contributed by atoms with Gasteiger partial charge >= 0.3 is 0 Å². The topological polar surface area (TPSA) is 76.2 Å². The molecular weight excluding hydrogens is 362 g/mol. The number of aromatic nitrogens is 3. The van der Waals surface area contributed by atoms with Crippen LogP contribution in [0.1, 0.15) is 26.0 Å². The maximum absolute atomic E-state index is 11.9. The summed E-state index contributed by atoms with van der Waals surface area (Å²) in [6.45, 7) is 11.1. The van der Waals surface area contributed by atoms with Crippen LogP contribution in [0.2, 0.25) is 0 Å². The lowest BCUT2D eigenvalue weighted by Gasteiger charge is -2.35. The smallest absolute Gasteiger partial charge is 0.230 e. The van der Waals surface area contributed by atoms with Gasteiger partial charge in [-0.3, -0.25) is 9.36 Å². The summed E-state index contributed by atoms with van der Waals surface area (Å²) in [5.41, 5.74) is 0. The highest BCUT2D eigenvalue weighted by Crippen LogP contribution is 2.28. The van der Waals surface area contributed by atoms with E-state index in [1.807, 2.05) is 12.1 Å². The van der Waals surface area contributed by atoms with Crippen LogP contribution < -0.4 is 10.2 Å². The molecule has 2 atom stereocenters. The molecule has 146 valence electrons. The average molecular weight is 390 g/mol. The van der Waals surface area contributed by atoms with Crippen molar-refractivity contribution in [2.24, 2.45) is 11.8 Å². The Morgan fingerprint density at radius 3 is 2.85 bits per heavy atom. The van der Waals surface area contributed by atoms with Crippen LogP contribution in [-0.2, 0) is 11.3 Å². The third-order valence-corrected chi connectivity index (χ3v) is 5.49. The molecule has 1 fully saturated rings. The number of hydrogen-bond donors (Lipinski definition) is 1. The average Bonchev–Trinajstić information content (AvgIpc) is 3.28. The Bertz CT molecular complexity index is 748. The summed E-state index contributed by atoms with van der Waals surface area (Å²) < 4.78 is 7.58. The minimum atomic E-state index is -0.0470. The summed E-state index contributed by atoms with van der Waals surface area (Å²) in [6, 6.07) is 3.82. The number of carbonyl (C=O) groups excluding carboxylic acids is 1. The Labute approximate surface area is 164 Å². The van der Waals surface area contributed by atoms with Gasteiger partial charge in [0.05, 0.1) is 18.6 Å². The Balaban J connectivity index is 1.79. The SMILES string of the molecule is C=CCNC(=O)CSc1nnc(N2C[C@H](C)C[C@H](C)C2)n1Cc1ccco1. The molecule has 1 N–H and O–H groups in total. The predicted molar refractivity (Wildman–Crippen MR) is 107 cm³/mol. The van der Waals surface area contributed by atoms with Crippen LogP contribution in [0.25, 0.3) is 0 Å². The van der Waals surface area contributed by atoms with Crippen molar-refractivity contribution in [3.63, 3.8) is 0 Å². The third kappa shape index (κ3) is 5.15. The summed E-state index contributed by atoms with van der Waals surface area (Å²) in [7, 11) is 0. The molecule has 0 aromatic carbocycles. The van der Waals surface area contributed by atoms with Gasteiger partial charge in [-0.15, -0.1) is 16.8 Å². The van der Waals surface area contributed by atoms with Gasteiger partial charge < -0.3 is 14.6 Å². The van der Waals surface area contributed by atoms with E-state index in [0.29, 0.717) is 24.9 Å². The van der Waals surface area contributed by atoms with Crippen molar-refractivity contribution in [2.45, 2.75) is 32.0 Å². The lowest BCUT2D eigenvalue weighted by molar-refractivity contribution is -0.118. The molecule has 27 heavy (non-hydrogen) atoms. The van der Waals surface area contributed by atoms with E-state index in [9.17, 15) is 4.79 Å². The van der Waals surface area contributed by atoms with Crippen LogP contribution in [0.3, 0.4) is 0 Å². The molecule has 0 saturated carbocycles. The van der Waals surface area contributed by atoms with E-state index >= 15 is 0 Å². The third-order valence-electron chi connectivity index (χ3n) is 4.52. The van der Waals surface area contributed by atoms with E-state index < -0.39 is 0 Å². The van der Waals surface area contributed by atoms with E-state index in [0.717, 1.165) is 30.0 Å². The first-order chi connectivity index (χ1) is 13.1. The molecule has 0 spiro atoms. The van der Waals surface area contributed by atoms with Crippen molar-refractivity contribution >= 4 is 23.6 Å². The highest BCUT2D eigenvalue weighted by Gasteiger charge is 2.27. The Morgan fingerprint density at radius 2 is 2.19 bits per heavy atom. The number of anilines is 1. The number of rotatable bonds is 8. The minimum Gasteiger partial charge on any atom is -0.467 e. The highest BCUT2D eigenvalue weighted by atomic mass is 32.2. The van der Waals surface area contributed by atoms with Gasteiger partial charge in [0.2, 0.25) is 11.9 Å². The van der Waals surface area contributed by atoms with E-state index in [2.05, 4.69) is 45.4 Å². The maximum Gasteiger partial charge on any atom is 0.230 e. The second-order valence-corrected chi connectivity index (χ2v) is 8.12. The van der Waals surface area contributed by atoms with Gasteiger partial charge in [-0.2, -0.15) is 0 Å². The fourth-order valence-electron chi connectivity index (χ4n) is 3.51. The van der Waals surface area contributed by atoms with E-state index in [1.165, 1.54) is 18.2 Å². The second-order valence-electron chi connectivity index (χ2n) is 7.18. The largest absolute Gasteiger partial charge is 0.467 e. The fourth-order valence-corrected chi connectivity index (χ4v) is 4.27. The molecule has 3 heterocycles. The molecule has 2 aromatic rings. The number of carbonyl (C=O) groups is 1. The predicted octanol–water partition coefficient (Wildman–Crippen LogP) is 2.80. The van der Waals surface area contributed by atoms with Gasteiger partial charge in [-0.25, -0.2) is 0 Å². The van der Waals surface area contributed by atoms with Gasteiger partial charge in [-0.05, 0) is 30.4 Å². The number of nitrogens with zero attached hydrogens (tertiary/aromatic N) is 4. The molecule has 1 aliphatic heterocycles. The van der Waals surface area contributed by atoms with Crippen LogP contribution in [-0.4, -0.2) is 46.1 Å². The molecule has 0 aliphatic carbocycles. The van der Waals surface area contributed by atoms with Crippen LogP contribution in [0.4, 0.5) is 5.95 Å². The molecular formula is C19H27N5O2S. The van der Waals surface area contributed by atoms with Gasteiger partial charge in [0.1, 0.15) is 5.76 Å². The lowest BCUT2D eigenvalue weighted by Crippen LogP contribution is -2.40. The maximum atomic E-state index is 11.9. The first-order valence-corrected chi connectivity index (χ1v) is 10.3. The summed E-state index contributed by atoms with van der Waals surface area (Å²) in [4.78, 5) is 14.2. The first kappa shape index (κ1) is 19.5. The van der Waals surface area contributed by atoms with Crippen molar-refractivity contribution in [1.82, 2.24) is 20.1 Å². The van der Waals surface area contributed by atoms with Gasteiger partial charge in [0.25, 0.3) is 0 Å². The molecule has 1 saturated heterocycles. The zero-order valence-corrected chi connectivity index (χ0v) is 16.7. The van der Waals surface area contributed by atoms with Crippen molar-refractivity contribution in [2.75, 3.05) is 30.3 Å². The molecule has 1 amide bonds.